The Hall–Kier alpha value is -1.46. The first-order valence-corrected chi connectivity index (χ1v) is 8.14. The first-order valence-electron chi connectivity index (χ1n) is 8.14. The molecular formula is C16H23N5. The van der Waals surface area contributed by atoms with Crippen LogP contribution in [0.4, 0.5) is 0 Å². The van der Waals surface area contributed by atoms with Gasteiger partial charge in [-0.2, -0.15) is 0 Å². The molecule has 0 amide bonds. The lowest BCUT2D eigenvalue weighted by molar-refractivity contribution is 0.334. The molecule has 112 valence electrons. The van der Waals surface area contributed by atoms with Crippen molar-refractivity contribution in [3.8, 4) is 0 Å². The van der Waals surface area contributed by atoms with E-state index in [0.29, 0.717) is 11.8 Å². The van der Waals surface area contributed by atoms with Gasteiger partial charge < -0.3 is 15.2 Å². The Morgan fingerprint density at radius 1 is 1.19 bits per heavy atom. The summed E-state index contributed by atoms with van der Waals surface area (Å²) in [5.41, 5.74) is 2.10. The van der Waals surface area contributed by atoms with Gasteiger partial charge >= 0.3 is 0 Å². The fourth-order valence-electron chi connectivity index (χ4n) is 3.68. The zero-order valence-corrected chi connectivity index (χ0v) is 12.4. The highest BCUT2D eigenvalue weighted by Gasteiger charge is 2.25. The maximum absolute atomic E-state index is 4.90. The summed E-state index contributed by atoms with van der Waals surface area (Å²) in [5, 5.41) is 6.98. The molecule has 0 aromatic carbocycles. The number of hydrogen-bond donors (Lipinski definition) is 2. The Morgan fingerprint density at radius 3 is 2.95 bits per heavy atom. The van der Waals surface area contributed by atoms with Gasteiger partial charge in [-0.25, -0.2) is 9.97 Å². The lowest BCUT2D eigenvalue weighted by Crippen LogP contribution is -2.32. The van der Waals surface area contributed by atoms with Crippen LogP contribution in [-0.4, -0.2) is 40.7 Å². The summed E-state index contributed by atoms with van der Waals surface area (Å²) in [6.45, 7) is 5.48. The van der Waals surface area contributed by atoms with Crippen molar-refractivity contribution in [3.05, 3.63) is 24.2 Å². The fraction of sp³-hybridized carbons (Fsp3) is 0.625. The summed E-state index contributed by atoms with van der Waals surface area (Å²) in [6.07, 6.45) is 5.66. The van der Waals surface area contributed by atoms with Crippen molar-refractivity contribution in [2.24, 2.45) is 5.92 Å². The third-order valence-electron chi connectivity index (χ3n) is 4.80. The van der Waals surface area contributed by atoms with Crippen molar-refractivity contribution < 1.29 is 0 Å². The van der Waals surface area contributed by atoms with Gasteiger partial charge in [0.15, 0.2) is 5.65 Å². The van der Waals surface area contributed by atoms with Gasteiger partial charge in [0.1, 0.15) is 11.3 Å². The molecule has 2 aromatic rings. The second kappa shape index (κ2) is 5.73. The van der Waals surface area contributed by atoms with Crippen LogP contribution in [0, 0.1) is 5.92 Å². The number of rotatable bonds is 3. The monoisotopic (exact) mass is 285 g/mol. The molecule has 5 heteroatoms. The van der Waals surface area contributed by atoms with E-state index in [9.17, 15) is 0 Å². The minimum Gasteiger partial charge on any atom is -0.316 e. The van der Waals surface area contributed by atoms with E-state index in [4.69, 9.17) is 4.98 Å². The van der Waals surface area contributed by atoms with E-state index in [0.717, 1.165) is 37.3 Å². The average Bonchev–Trinajstić information content (AvgIpc) is 3.16. The summed E-state index contributed by atoms with van der Waals surface area (Å²) in [5.74, 6) is 2.47. The van der Waals surface area contributed by atoms with Crippen LogP contribution < -0.4 is 10.6 Å². The second-order valence-corrected chi connectivity index (χ2v) is 6.33. The summed E-state index contributed by atoms with van der Waals surface area (Å²) in [6, 6.07) is 4.07. The Labute approximate surface area is 125 Å². The molecular weight excluding hydrogens is 262 g/mol. The third-order valence-corrected chi connectivity index (χ3v) is 4.80. The maximum Gasteiger partial charge on any atom is 0.160 e. The van der Waals surface area contributed by atoms with E-state index in [1.165, 1.54) is 31.6 Å². The largest absolute Gasteiger partial charge is 0.316 e. The van der Waals surface area contributed by atoms with Gasteiger partial charge in [-0.05, 0) is 56.9 Å². The molecule has 2 N–H and O–H groups in total. The zero-order chi connectivity index (χ0) is 14.1. The molecule has 2 aliphatic heterocycles. The van der Waals surface area contributed by atoms with Crippen LogP contribution in [0.15, 0.2) is 18.3 Å². The molecule has 0 saturated carbocycles. The van der Waals surface area contributed by atoms with Gasteiger partial charge in [-0.1, -0.05) is 0 Å². The predicted octanol–water partition coefficient (Wildman–Crippen LogP) is 1.51. The van der Waals surface area contributed by atoms with Crippen molar-refractivity contribution in [1.29, 1.82) is 0 Å². The van der Waals surface area contributed by atoms with Gasteiger partial charge in [0.2, 0.25) is 0 Å². The second-order valence-electron chi connectivity index (χ2n) is 6.33. The molecule has 2 aliphatic rings. The minimum absolute atomic E-state index is 0.538. The Kier molecular flexibility index (Phi) is 3.61. The Bertz CT molecular complexity index is 608. The number of hydrogen-bond acceptors (Lipinski definition) is 4. The standard InChI is InChI=1S/C16H23N5/c1-3-12(9-17-6-1)11-21-15(13-5-8-18-10-13)20-14-4-2-7-19-16(14)21/h2,4,7,12-13,17-18H,1,3,5-6,8-11H2. The molecule has 21 heavy (non-hydrogen) atoms. The van der Waals surface area contributed by atoms with Crippen LogP contribution in [0.5, 0.6) is 0 Å². The smallest absolute Gasteiger partial charge is 0.160 e. The molecule has 2 aromatic heterocycles. The van der Waals surface area contributed by atoms with Gasteiger partial charge in [-0.3, -0.25) is 0 Å². The van der Waals surface area contributed by atoms with Crippen molar-refractivity contribution in [2.45, 2.75) is 31.7 Å². The molecule has 2 fully saturated rings. The number of nitrogens with zero attached hydrogens (tertiary/aromatic N) is 3. The molecule has 5 nitrogen and oxygen atoms in total. The number of imidazole rings is 1. The highest BCUT2D eigenvalue weighted by Crippen LogP contribution is 2.27. The zero-order valence-electron chi connectivity index (χ0n) is 12.4. The van der Waals surface area contributed by atoms with E-state index < -0.39 is 0 Å². The van der Waals surface area contributed by atoms with Gasteiger partial charge in [-0.15, -0.1) is 0 Å². The number of piperidine rings is 1. The number of pyridine rings is 1. The Balaban J connectivity index is 1.70. The van der Waals surface area contributed by atoms with Crippen LogP contribution >= 0.6 is 0 Å². The van der Waals surface area contributed by atoms with Crippen LogP contribution in [-0.2, 0) is 6.54 Å². The maximum atomic E-state index is 4.90. The number of aromatic nitrogens is 3. The van der Waals surface area contributed by atoms with Gasteiger partial charge in [0.05, 0.1) is 0 Å². The highest BCUT2D eigenvalue weighted by molar-refractivity contribution is 5.71. The Morgan fingerprint density at radius 2 is 2.14 bits per heavy atom. The van der Waals surface area contributed by atoms with E-state index in [-0.39, 0.29) is 0 Å². The molecule has 0 radical (unpaired) electrons. The molecule has 0 bridgehead atoms. The van der Waals surface area contributed by atoms with Gasteiger partial charge in [0.25, 0.3) is 0 Å². The SMILES string of the molecule is c1cnc2c(c1)nc(C1CCNC1)n2CC1CCCNC1. The number of fused-ring (bicyclic) bond motifs is 1. The summed E-state index contributed by atoms with van der Waals surface area (Å²) < 4.78 is 2.39. The van der Waals surface area contributed by atoms with E-state index in [1.54, 1.807) is 0 Å². The first-order chi connectivity index (χ1) is 10.4. The summed E-state index contributed by atoms with van der Waals surface area (Å²) in [7, 11) is 0. The molecule has 4 rings (SSSR count). The highest BCUT2D eigenvalue weighted by atomic mass is 15.1. The van der Waals surface area contributed by atoms with Crippen molar-refractivity contribution in [3.63, 3.8) is 0 Å². The normalized spacial score (nSPS) is 26.5. The molecule has 2 atom stereocenters. The fourth-order valence-corrected chi connectivity index (χ4v) is 3.68. The molecule has 4 heterocycles. The first kappa shape index (κ1) is 13.2. The topological polar surface area (TPSA) is 54.8 Å². The average molecular weight is 285 g/mol. The van der Waals surface area contributed by atoms with Crippen molar-refractivity contribution >= 4 is 11.2 Å². The minimum atomic E-state index is 0.538. The molecule has 0 spiro atoms. The molecule has 0 aliphatic carbocycles. The van der Waals surface area contributed by atoms with Crippen molar-refractivity contribution in [1.82, 2.24) is 25.2 Å². The van der Waals surface area contributed by atoms with E-state index >= 15 is 0 Å². The van der Waals surface area contributed by atoms with Crippen LogP contribution in [0.2, 0.25) is 0 Å². The third kappa shape index (κ3) is 2.56. The van der Waals surface area contributed by atoms with Gasteiger partial charge in [0, 0.05) is 25.2 Å². The van der Waals surface area contributed by atoms with E-state index in [2.05, 4.69) is 26.3 Å². The van der Waals surface area contributed by atoms with Crippen molar-refractivity contribution in [2.75, 3.05) is 26.2 Å². The molecule has 2 unspecified atom stereocenters. The number of nitrogens with one attached hydrogen (secondary N) is 2. The van der Waals surface area contributed by atoms with Crippen LogP contribution in [0.1, 0.15) is 31.0 Å². The predicted molar refractivity (Wildman–Crippen MR) is 83.3 cm³/mol. The summed E-state index contributed by atoms with van der Waals surface area (Å²) in [4.78, 5) is 9.50. The lowest BCUT2D eigenvalue weighted by atomic mass is 9.99. The van der Waals surface area contributed by atoms with Crippen LogP contribution in [0.25, 0.3) is 11.2 Å². The quantitative estimate of drug-likeness (QED) is 0.897. The summed E-state index contributed by atoms with van der Waals surface area (Å²) >= 11 is 0. The van der Waals surface area contributed by atoms with E-state index in [1.807, 2.05) is 12.3 Å². The lowest BCUT2D eigenvalue weighted by Gasteiger charge is -2.24. The molecule has 2 saturated heterocycles. The van der Waals surface area contributed by atoms with Crippen LogP contribution in [0.3, 0.4) is 0 Å².